The second-order valence-electron chi connectivity index (χ2n) is 5.41. The van der Waals surface area contributed by atoms with E-state index in [0.29, 0.717) is 23.7 Å². The van der Waals surface area contributed by atoms with E-state index < -0.39 is 0 Å². The van der Waals surface area contributed by atoms with Crippen LogP contribution in [-0.2, 0) is 11.3 Å². The first kappa shape index (κ1) is 15.3. The minimum absolute atomic E-state index is 0.0828. The minimum atomic E-state index is -0.180. The molecule has 1 aromatic heterocycles. The average molecular weight is 297 g/mol. The number of aryl methyl sites for hydroxylation is 1. The van der Waals surface area contributed by atoms with E-state index in [1.807, 2.05) is 13.8 Å². The lowest BCUT2D eigenvalue weighted by atomic mass is 9.86. The summed E-state index contributed by atoms with van der Waals surface area (Å²) in [5, 5.41) is 15.2. The Morgan fingerprint density at radius 3 is 2.95 bits per heavy atom. The first-order chi connectivity index (χ1) is 9.61. The number of hydrogen-bond acceptors (Lipinski definition) is 5. The molecule has 1 saturated carbocycles. The SMILES string of the molecule is CCn1nnnc1S[C@H](C)C(=O)N[C@H]1CCCC[C@H]1C. The van der Waals surface area contributed by atoms with E-state index in [0.717, 1.165) is 6.42 Å². The molecular weight excluding hydrogens is 274 g/mol. The van der Waals surface area contributed by atoms with E-state index in [-0.39, 0.29) is 11.2 Å². The van der Waals surface area contributed by atoms with E-state index in [4.69, 9.17) is 0 Å². The van der Waals surface area contributed by atoms with Crippen molar-refractivity contribution >= 4 is 17.7 Å². The van der Waals surface area contributed by atoms with Crippen LogP contribution in [0.15, 0.2) is 5.16 Å². The van der Waals surface area contributed by atoms with Crippen LogP contribution in [0.2, 0.25) is 0 Å². The minimum Gasteiger partial charge on any atom is -0.352 e. The molecule has 0 spiro atoms. The number of rotatable bonds is 5. The van der Waals surface area contributed by atoms with Crippen LogP contribution in [0.5, 0.6) is 0 Å². The number of hydrogen-bond donors (Lipinski definition) is 1. The van der Waals surface area contributed by atoms with Crippen molar-refractivity contribution in [1.82, 2.24) is 25.5 Å². The molecule has 20 heavy (non-hydrogen) atoms. The Morgan fingerprint density at radius 1 is 1.50 bits per heavy atom. The summed E-state index contributed by atoms with van der Waals surface area (Å²) in [4.78, 5) is 12.3. The van der Waals surface area contributed by atoms with E-state index >= 15 is 0 Å². The van der Waals surface area contributed by atoms with Crippen molar-refractivity contribution in [3.05, 3.63) is 0 Å². The number of aromatic nitrogens is 4. The number of amides is 1. The Balaban J connectivity index is 1.88. The largest absolute Gasteiger partial charge is 0.352 e. The quantitative estimate of drug-likeness (QED) is 0.840. The Hall–Kier alpha value is -1.11. The molecule has 0 saturated heterocycles. The van der Waals surface area contributed by atoms with Gasteiger partial charge in [-0.3, -0.25) is 4.79 Å². The third-order valence-corrected chi connectivity index (χ3v) is 4.96. The van der Waals surface area contributed by atoms with Gasteiger partial charge in [-0.25, -0.2) is 4.68 Å². The summed E-state index contributed by atoms with van der Waals surface area (Å²) in [6.45, 7) is 6.82. The molecule has 1 aromatic rings. The number of nitrogens with zero attached hydrogens (tertiary/aromatic N) is 4. The fraction of sp³-hybridized carbons (Fsp3) is 0.846. The lowest BCUT2D eigenvalue weighted by Crippen LogP contribution is -2.44. The average Bonchev–Trinajstić information content (AvgIpc) is 2.88. The molecule has 3 atom stereocenters. The number of carbonyl (C=O) groups excluding carboxylic acids is 1. The Kier molecular flexibility index (Phi) is 5.39. The number of nitrogens with one attached hydrogen (secondary N) is 1. The zero-order valence-corrected chi connectivity index (χ0v) is 13.2. The Morgan fingerprint density at radius 2 is 2.25 bits per heavy atom. The third-order valence-electron chi connectivity index (χ3n) is 3.89. The third kappa shape index (κ3) is 3.71. The van der Waals surface area contributed by atoms with Crippen LogP contribution in [0.4, 0.5) is 0 Å². The molecule has 1 fully saturated rings. The summed E-state index contributed by atoms with van der Waals surface area (Å²) in [7, 11) is 0. The number of thioether (sulfide) groups is 1. The summed E-state index contributed by atoms with van der Waals surface area (Å²) >= 11 is 1.41. The van der Waals surface area contributed by atoms with Gasteiger partial charge in [0, 0.05) is 12.6 Å². The number of tetrazole rings is 1. The van der Waals surface area contributed by atoms with E-state index in [2.05, 4.69) is 27.8 Å². The lowest BCUT2D eigenvalue weighted by Gasteiger charge is -2.30. The fourth-order valence-corrected chi connectivity index (χ4v) is 3.38. The highest BCUT2D eigenvalue weighted by atomic mass is 32.2. The van der Waals surface area contributed by atoms with Gasteiger partial charge in [0.2, 0.25) is 11.1 Å². The molecule has 0 unspecified atom stereocenters. The molecule has 0 aliphatic heterocycles. The maximum absolute atomic E-state index is 12.3. The van der Waals surface area contributed by atoms with Gasteiger partial charge in [-0.2, -0.15) is 0 Å². The van der Waals surface area contributed by atoms with Gasteiger partial charge in [-0.15, -0.1) is 5.10 Å². The maximum Gasteiger partial charge on any atom is 0.233 e. The molecular formula is C13H23N5OS. The van der Waals surface area contributed by atoms with Crippen LogP contribution >= 0.6 is 11.8 Å². The summed E-state index contributed by atoms with van der Waals surface area (Å²) in [5.41, 5.74) is 0. The van der Waals surface area contributed by atoms with Gasteiger partial charge in [0.05, 0.1) is 5.25 Å². The topological polar surface area (TPSA) is 72.7 Å². The first-order valence-corrected chi connectivity index (χ1v) is 8.23. The zero-order valence-electron chi connectivity index (χ0n) is 12.4. The van der Waals surface area contributed by atoms with Crippen LogP contribution < -0.4 is 5.32 Å². The molecule has 0 radical (unpaired) electrons. The second kappa shape index (κ2) is 7.06. The summed E-state index contributed by atoms with van der Waals surface area (Å²) in [6, 6.07) is 0.321. The highest BCUT2D eigenvalue weighted by molar-refractivity contribution is 8.00. The normalized spacial score (nSPS) is 24.4. The van der Waals surface area contributed by atoms with Crippen molar-refractivity contribution in [2.24, 2.45) is 5.92 Å². The van der Waals surface area contributed by atoms with Gasteiger partial charge in [-0.1, -0.05) is 31.5 Å². The molecule has 1 N–H and O–H groups in total. The van der Waals surface area contributed by atoms with Crippen molar-refractivity contribution in [2.45, 2.75) is 69.4 Å². The van der Waals surface area contributed by atoms with Crippen LogP contribution in [-0.4, -0.2) is 37.4 Å². The van der Waals surface area contributed by atoms with Gasteiger partial charge in [0.25, 0.3) is 0 Å². The summed E-state index contributed by atoms with van der Waals surface area (Å²) in [5.74, 6) is 0.658. The highest BCUT2D eigenvalue weighted by Gasteiger charge is 2.26. The standard InChI is InChI=1S/C13H23N5OS/c1-4-18-13(15-16-17-18)20-10(3)12(19)14-11-8-6-5-7-9(11)2/h9-11H,4-8H2,1-3H3,(H,14,19)/t9-,10-,11+/m1/s1. The molecule has 0 aromatic carbocycles. The Bertz CT molecular complexity index is 450. The fourth-order valence-electron chi connectivity index (χ4n) is 2.52. The summed E-state index contributed by atoms with van der Waals surface area (Å²) in [6.07, 6.45) is 4.80. The molecule has 7 heteroatoms. The number of carbonyl (C=O) groups is 1. The predicted molar refractivity (Wildman–Crippen MR) is 78.4 cm³/mol. The summed E-state index contributed by atoms with van der Waals surface area (Å²) < 4.78 is 1.71. The van der Waals surface area contributed by atoms with Gasteiger partial charge in [0.1, 0.15) is 0 Å². The van der Waals surface area contributed by atoms with Crippen molar-refractivity contribution in [3.8, 4) is 0 Å². The zero-order chi connectivity index (χ0) is 14.5. The smallest absolute Gasteiger partial charge is 0.233 e. The monoisotopic (exact) mass is 297 g/mol. The van der Waals surface area contributed by atoms with Crippen LogP contribution in [0.3, 0.4) is 0 Å². The second-order valence-corrected chi connectivity index (χ2v) is 6.72. The molecule has 1 aliphatic rings. The Labute approximate surface area is 124 Å². The molecule has 6 nitrogen and oxygen atoms in total. The highest BCUT2D eigenvalue weighted by Crippen LogP contribution is 2.25. The maximum atomic E-state index is 12.3. The van der Waals surface area contributed by atoms with E-state index in [1.165, 1.54) is 31.0 Å². The molecule has 0 bridgehead atoms. The lowest BCUT2D eigenvalue weighted by molar-refractivity contribution is -0.121. The van der Waals surface area contributed by atoms with Crippen molar-refractivity contribution < 1.29 is 4.79 Å². The van der Waals surface area contributed by atoms with Crippen LogP contribution in [0, 0.1) is 5.92 Å². The molecule has 1 heterocycles. The predicted octanol–water partition coefficient (Wildman–Crippen LogP) is 1.87. The van der Waals surface area contributed by atoms with Gasteiger partial charge in [-0.05, 0) is 43.0 Å². The molecule has 2 rings (SSSR count). The van der Waals surface area contributed by atoms with E-state index in [9.17, 15) is 4.79 Å². The van der Waals surface area contributed by atoms with Crippen molar-refractivity contribution in [1.29, 1.82) is 0 Å². The van der Waals surface area contributed by atoms with Gasteiger partial charge >= 0.3 is 0 Å². The van der Waals surface area contributed by atoms with E-state index in [1.54, 1.807) is 4.68 Å². The van der Waals surface area contributed by atoms with Crippen molar-refractivity contribution in [2.75, 3.05) is 0 Å². The van der Waals surface area contributed by atoms with Crippen LogP contribution in [0.1, 0.15) is 46.5 Å². The van der Waals surface area contributed by atoms with Crippen molar-refractivity contribution in [3.63, 3.8) is 0 Å². The van der Waals surface area contributed by atoms with Gasteiger partial charge in [0.15, 0.2) is 0 Å². The van der Waals surface area contributed by atoms with Crippen LogP contribution in [0.25, 0.3) is 0 Å². The first-order valence-electron chi connectivity index (χ1n) is 7.35. The molecule has 1 aliphatic carbocycles. The molecule has 112 valence electrons. The van der Waals surface area contributed by atoms with Gasteiger partial charge < -0.3 is 5.32 Å². The molecule has 1 amide bonds.